The molecule has 0 radical (unpaired) electrons. The quantitative estimate of drug-likeness (QED) is 0.833. The van der Waals surface area contributed by atoms with Gasteiger partial charge in [0.2, 0.25) is 10.0 Å². The van der Waals surface area contributed by atoms with E-state index >= 15 is 0 Å². The number of sulfonamides is 1. The second-order valence-electron chi connectivity index (χ2n) is 4.44. The van der Waals surface area contributed by atoms with Gasteiger partial charge in [0.25, 0.3) is 0 Å². The van der Waals surface area contributed by atoms with E-state index in [1.807, 2.05) is 0 Å². The lowest BCUT2D eigenvalue weighted by atomic mass is 10.2. The monoisotopic (exact) mass is 297 g/mol. The van der Waals surface area contributed by atoms with E-state index in [-0.39, 0.29) is 13.1 Å². The minimum Gasteiger partial charge on any atom is -0.262 e. The summed E-state index contributed by atoms with van der Waals surface area (Å²) < 4.78 is 64.8. The molecular formula is C10H14F3N3O2S. The van der Waals surface area contributed by atoms with E-state index in [1.54, 1.807) is 0 Å². The molecule has 1 aromatic heterocycles. The Bertz CT molecular complexity index is 559. The number of halogens is 3. The third-order valence-electron chi connectivity index (χ3n) is 3.11. The van der Waals surface area contributed by atoms with Crippen LogP contribution < -0.4 is 0 Å². The number of piperidine rings is 1. The van der Waals surface area contributed by atoms with Crippen molar-refractivity contribution >= 4 is 10.0 Å². The standard InChI is InChI=1S/C10H14F3N3O2S/c1-15-9(10(11,12)13)8(7-14-15)19(17,18)16-5-3-2-4-6-16/h7H,2-6H2,1H3. The molecule has 0 unspecified atom stereocenters. The van der Waals surface area contributed by atoms with Crippen LogP contribution in [0.15, 0.2) is 11.1 Å². The van der Waals surface area contributed by atoms with E-state index in [2.05, 4.69) is 5.10 Å². The van der Waals surface area contributed by atoms with Crippen LogP contribution in [-0.2, 0) is 23.2 Å². The lowest BCUT2D eigenvalue weighted by Crippen LogP contribution is -2.36. The number of hydrogen-bond donors (Lipinski definition) is 0. The maximum Gasteiger partial charge on any atom is 0.434 e. The Balaban J connectivity index is 2.46. The summed E-state index contributed by atoms with van der Waals surface area (Å²) in [7, 11) is -3.04. The highest BCUT2D eigenvalue weighted by molar-refractivity contribution is 7.89. The molecule has 0 N–H and O–H groups in total. The summed E-state index contributed by atoms with van der Waals surface area (Å²) in [6.07, 6.45) is -1.75. The predicted molar refractivity (Wildman–Crippen MR) is 60.8 cm³/mol. The molecule has 0 aromatic carbocycles. The van der Waals surface area contributed by atoms with Gasteiger partial charge >= 0.3 is 6.18 Å². The van der Waals surface area contributed by atoms with Gasteiger partial charge in [0.1, 0.15) is 4.90 Å². The Labute approximate surface area is 109 Å². The third-order valence-corrected chi connectivity index (χ3v) is 5.01. The van der Waals surface area contributed by atoms with Crippen molar-refractivity contribution in [1.29, 1.82) is 0 Å². The Morgan fingerprint density at radius 2 is 1.79 bits per heavy atom. The first-order valence-electron chi connectivity index (χ1n) is 5.84. The zero-order valence-electron chi connectivity index (χ0n) is 10.3. The van der Waals surface area contributed by atoms with Crippen LogP contribution in [0.25, 0.3) is 0 Å². The molecule has 1 saturated heterocycles. The van der Waals surface area contributed by atoms with Crippen molar-refractivity contribution in [3.63, 3.8) is 0 Å². The van der Waals surface area contributed by atoms with Crippen molar-refractivity contribution in [2.24, 2.45) is 7.05 Å². The number of alkyl halides is 3. The van der Waals surface area contributed by atoms with Crippen LogP contribution in [0.4, 0.5) is 13.2 Å². The fraction of sp³-hybridized carbons (Fsp3) is 0.700. The first kappa shape index (κ1) is 14.3. The van der Waals surface area contributed by atoms with Crippen LogP contribution in [-0.4, -0.2) is 35.6 Å². The Morgan fingerprint density at radius 3 is 2.32 bits per heavy atom. The number of nitrogens with zero attached hydrogens (tertiary/aromatic N) is 3. The number of rotatable bonds is 2. The van der Waals surface area contributed by atoms with Crippen LogP contribution in [0.3, 0.4) is 0 Å². The Morgan fingerprint density at radius 1 is 1.21 bits per heavy atom. The molecule has 5 nitrogen and oxygen atoms in total. The summed E-state index contributed by atoms with van der Waals surface area (Å²) >= 11 is 0. The van der Waals surface area contributed by atoms with Gasteiger partial charge in [-0.15, -0.1) is 0 Å². The lowest BCUT2D eigenvalue weighted by Gasteiger charge is -2.26. The van der Waals surface area contributed by atoms with Crippen molar-refractivity contribution in [3.8, 4) is 0 Å². The van der Waals surface area contributed by atoms with Crippen LogP contribution in [0.2, 0.25) is 0 Å². The fourth-order valence-corrected chi connectivity index (χ4v) is 3.86. The maximum atomic E-state index is 12.9. The van der Waals surface area contributed by atoms with Gasteiger partial charge in [0.05, 0.1) is 6.20 Å². The van der Waals surface area contributed by atoms with Crippen LogP contribution in [0.1, 0.15) is 25.0 Å². The minimum absolute atomic E-state index is 0.258. The van der Waals surface area contributed by atoms with Gasteiger partial charge < -0.3 is 0 Å². The lowest BCUT2D eigenvalue weighted by molar-refractivity contribution is -0.146. The minimum atomic E-state index is -4.75. The number of hydrogen-bond acceptors (Lipinski definition) is 3. The molecule has 9 heteroatoms. The molecule has 0 amide bonds. The number of aryl methyl sites for hydroxylation is 1. The van der Waals surface area contributed by atoms with Crippen LogP contribution >= 0.6 is 0 Å². The summed E-state index contributed by atoms with van der Waals surface area (Å²) in [4.78, 5) is -0.760. The van der Waals surface area contributed by atoms with Gasteiger partial charge in [-0.25, -0.2) is 8.42 Å². The first-order chi connectivity index (χ1) is 8.74. The Kier molecular flexibility index (Phi) is 3.61. The summed E-state index contributed by atoms with van der Waals surface area (Å²) in [5, 5.41) is 3.43. The average Bonchev–Trinajstić information content (AvgIpc) is 2.73. The van der Waals surface area contributed by atoms with Crippen LogP contribution in [0, 0.1) is 0 Å². The number of aromatic nitrogens is 2. The van der Waals surface area contributed by atoms with Gasteiger partial charge in [-0.3, -0.25) is 4.68 Å². The van der Waals surface area contributed by atoms with E-state index in [0.717, 1.165) is 24.0 Å². The molecule has 0 bridgehead atoms. The normalized spacial score (nSPS) is 18.7. The van der Waals surface area contributed by atoms with Gasteiger partial charge in [0, 0.05) is 20.1 Å². The van der Waals surface area contributed by atoms with Crippen molar-refractivity contribution < 1.29 is 21.6 Å². The highest BCUT2D eigenvalue weighted by atomic mass is 32.2. The molecule has 0 spiro atoms. The van der Waals surface area contributed by atoms with Gasteiger partial charge in [-0.05, 0) is 12.8 Å². The second-order valence-corrected chi connectivity index (χ2v) is 6.35. The van der Waals surface area contributed by atoms with E-state index in [0.29, 0.717) is 17.5 Å². The van der Waals surface area contributed by atoms with Gasteiger partial charge in [-0.1, -0.05) is 6.42 Å². The molecule has 0 saturated carbocycles. The predicted octanol–water partition coefficient (Wildman–Crippen LogP) is 1.61. The van der Waals surface area contributed by atoms with E-state index in [4.69, 9.17) is 0 Å². The average molecular weight is 297 g/mol. The van der Waals surface area contributed by atoms with E-state index in [9.17, 15) is 21.6 Å². The van der Waals surface area contributed by atoms with Crippen molar-refractivity contribution in [2.45, 2.75) is 30.3 Å². The third kappa shape index (κ3) is 2.62. The fourth-order valence-electron chi connectivity index (χ4n) is 2.17. The van der Waals surface area contributed by atoms with Crippen molar-refractivity contribution in [3.05, 3.63) is 11.9 Å². The molecular weight excluding hydrogens is 283 g/mol. The summed E-state index contributed by atoms with van der Waals surface area (Å²) in [6.45, 7) is 0.517. The molecule has 1 aromatic rings. The van der Waals surface area contributed by atoms with E-state index < -0.39 is 26.8 Å². The molecule has 1 aliphatic heterocycles. The molecule has 2 heterocycles. The van der Waals surface area contributed by atoms with Crippen LogP contribution in [0.5, 0.6) is 0 Å². The summed E-state index contributed by atoms with van der Waals surface area (Å²) in [5.41, 5.74) is -1.22. The Hall–Kier alpha value is -1.09. The van der Waals surface area contributed by atoms with Gasteiger partial charge in [0.15, 0.2) is 5.69 Å². The van der Waals surface area contributed by atoms with E-state index in [1.165, 1.54) is 0 Å². The van der Waals surface area contributed by atoms with Crippen molar-refractivity contribution in [1.82, 2.24) is 14.1 Å². The smallest absolute Gasteiger partial charge is 0.262 e. The zero-order valence-corrected chi connectivity index (χ0v) is 11.1. The highest BCUT2D eigenvalue weighted by Crippen LogP contribution is 2.35. The molecule has 0 aliphatic carbocycles. The largest absolute Gasteiger partial charge is 0.434 e. The molecule has 1 fully saturated rings. The van der Waals surface area contributed by atoms with Crippen molar-refractivity contribution in [2.75, 3.05) is 13.1 Å². The molecule has 19 heavy (non-hydrogen) atoms. The maximum absolute atomic E-state index is 12.9. The van der Waals surface area contributed by atoms with Gasteiger partial charge in [-0.2, -0.15) is 22.6 Å². The topological polar surface area (TPSA) is 55.2 Å². The second kappa shape index (κ2) is 4.78. The molecule has 1 aliphatic rings. The first-order valence-corrected chi connectivity index (χ1v) is 7.28. The zero-order chi connectivity index (χ0) is 14.3. The highest BCUT2D eigenvalue weighted by Gasteiger charge is 2.42. The summed E-state index contributed by atoms with van der Waals surface area (Å²) in [5.74, 6) is 0. The molecule has 2 rings (SSSR count). The SMILES string of the molecule is Cn1ncc(S(=O)(=O)N2CCCCC2)c1C(F)(F)F. The summed E-state index contributed by atoms with van der Waals surface area (Å²) in [6, 6.07) is 0. The molecule has 0 atom stereocenters. The molecule has 108 valence electrons.